The lowest BCUT2D eigenvalue weighted by atomic mass is 10.0. The summed E-state index contributed by atoms with van der Waals surface area (Å²) in [5, 5.41) is 0. The van der Waals surface area contributed by atoms with Gasteiger partial charge >= 0.3 is 35.7 Å². The van der Waals surface area contributed by atoms with Crippen LogP contribution in [0.5, 0.6) is 0 Å². The van der Waals surface area contributed by atoms with Gasteiger partial charge in [-0.15, -0.1) is 0 Å². The van der Waals surface area contributed by atoms with E-state index >= 15 is 0 Å². The van der Waals surface area contributed by atoms with Crippen molar-refractivity contribution in [1.29, 1.82) is 0 Å². The van der Waals surface area contributed by atoms with Gasteiger partial charge < -0.3 is 5.53 Å². The van der Waals surface area contributed by atoms with Crippen LogP contribution in [-0.4, -0.2) is 40.5 Å². The number of halogens is 10. The summed E-state index contributed by atoms with van der Waals surface area (Å²) < 4.78 is 120. The van der Waals surface area contributed by atoms with Crippen molar-refractivity contribution in [3.05, 3.63) is 5.53 Å². The molecule has 0 atom stereocenters. The lowest BCUT2D eigenvalue weighted by molar-refractivity contribution is -0.342. The molecule has 0 radical (unpaired) electrons. The van der Waals surface area contributed by atoms with Crippen molar-refractivity contribution in [2.45, 2.75) is 24.2 Å². The maximum atomic E-state index is 12.5. The van der Waals surface area contributed by atoms with E-state index in [1.54, 1.807) is 0 Å². The number of ketones is 1. The van der Waals surface area contributed by atoms with Gasteiger partial charge in [0.1, 0.15) is 0 Å². The molecule has 0 unspecified atom stereocenters. The number of nitrogens with zero attached hydrogens (tertiary/aromatic N) is 2. The average molecular weight is 306 g/mol. The summed E-state index contributed by atoms with van der Waals surface area (Å²) in [5.41, 5.74) is 4.17. The summed E-state index contributed by atoms with van der Waals surface area (Å²) in [4.78, 5) is 11.4. The maximum Gasteiger partial charge on any atom is 0.499 e. The summed E-state index contributed by atoms with van der Waals surface area (Å²) >= 11 is 0. The Hall–Kier alpha value is -1.65. The number of rotatable bonds is 3. The normalized spacial score (nSPS) is 14.0. The highest BCUT2D eigenvalue weighted by Gasteiger charge is 2.79. The van der Waals surface area contributed by atoms with Gasteiger partial charge in [-0.2, -0.15) is 48.7 Å². The Morgan fingerprint density at radius 2 is 1.21 bits per heavy atom. The van der Waals surface area contributed by atoms with Crippen molar-refractivity contribution in [3.8, 4) is 0 Å². The number of alkyl halides is 10. The fourth-order valence-electron chi connectivity index (χ4n) is 0.700. The van der Waals surface area contributed by atoms with Crippen LogP contribution in [0.4, 0.5) is 43.9 Å². The van der Waals surface area contributed by atoms with E-state index < -0.39 is 35.7 Å². The molecular formula is C6F10N2O. The lowest BCUT2D eigenvalue weighted by Gasteiger charge is -2.25. The van der Waals surface area contributed by atoms with Crippen molar-refractivity contribution in [2.75, 3.05) is 0 Å². The minimum Gasteiger partial charge on any atom is -0.361 e. The second kappa shape index (κ2) is 4.47. The first kappa shape index (κ1) is 17.3. The van der Waals surface area contributed by atoms with Crippen molar-refractivity contribution in [2.24, 2.45) is 0 Å². The maximum absolute atomic E-state index is 12.5. The van der Waals surface area contributed by atoms with E-state index in [9.17, 15) is 48.7 Å². The zero-order chi connectivity index (χ0) is 15.9. The Labute approximate surface area is 96.0 Å². The second-order valence-corrected chi connectivity index (χ2v) is 2.92. The van der Waals surface area contributed by atoms with Gasteiger partial charge in [0.15, 0.2) is 0 Å². The number of carbonyl (C=O) groups is 1. The second-order valence-electron chi connectivity index (χ2n) is 2.92. The van der Waals surface area contributed by atoms with Gasteiger partial charge in [-0.25, -0.2) is 0 Å². The van der Waals surface area contributed by atoms with E-state index in [4.69, 9.17) is 5.53 Å². The van der Waals surface area contributed by atoms with E-state index in [0.29, 0.717) is 0 Å². The molecule has 110 valence electrons. The third-order valence-corrected chi connectivity index (χ3v) is 1.62. The molecule has 0 rings (SSSR count). The molecule has 0 aromatic rings. The third kappa shape index (κ3) is 2.85. The first-order valence-electron chi connectivity index (χ1n) is 3.77. The van der Waals surface area contributed by atoms with Crippen LogP contribution in [0.15, 0.2) is 0 Å². The van der Waals surface area contributed by atoms with E-state index in [-0.39, 0.29) is 0 Å². The molecule has 0 saturated heterocycles. The van der Waals surface area contributed by atoms with Crippen LogP contribution in [-0.2, 0) is 4.79 Å². The quantitative estimate of drug-likeness (QED) is 0.342. The monoisotopic (exact) mass is 306 g/mol. The number of Topliss-reactive ketones (excluding diaryl/α,β-unsaturated/α-hetero) is 1. The van der Waals surface area contributed by atoms with Crippen LogP contribution < -0.4 is 0 Å². The van der Waals surface area contributed by atoms with Crippen LogP contribution >= 0.6 is 0 Å². The summed E-state index contributed by atoms with van der Waals surface area (Å²) in [6.07, 6.45) is -13.1. The lowest BCUT2D eigenvalue weighted by Crippen LogP contribution is -2.59. The van der Waals surface area contributed by atoms with E-state index in [0.717, 1.165) is 4.79 Å². The summed E-state index contributed by atoms with van der Waals surface area (Å²) in [6, 6.07) is 0. The predicted molar refractivity (Wildman–Crippen MR) is 35.6 cm³/mol. The minimum atomic E-state index is -7.07. The van der Waals surface area contributed by atoms with Gasteiger partial charge in [0, 0.05) is 0 Å². The molecule has 3 nitrogen and oxygen atoms in total. The number of hydrogen-bond acceptors (Lipinski definition) is 1. The Morgan fingerprint density at radius 1 is 0.842 bits per heavy atom. The molecule has 0 heterocycles. The van der Waals surface area contributed by atoms with Crippen molar-refractivity contribution in [3.63, 3.8) is 0 Å². The van der Waals surface area contributed by atoms with Crippen LogP contribution in [0.3, 0.4) is 0 Å². The Morgan fingerprint density at radius 3 is 1.42 bits per heavy atom. The molecule has 0 bridgehead atoms. The van der Waals surface area contributed by atoms with E-state index in [1.165, 1.54) is 0 Å². The van der Waals surface area contributed by atoms with Crippen LogP contribution in [0.1, 0.15) is 0 Å². The minimum absolute atomic E-state index is 0.983. The molecular weight excluding hydrogens is 306 g/mol. The fraction of sp³-hybridized carbons (Fsp3) is 0.667. The highest BCUT2D eigenvalue weighted by atomic mass is 19.4. The smallest absolute Gasteiger partial charge is 0.361 e. The zero-order valence-electron chi connectivity index (χ0n) is 8.08. The predicted octanol–water partition coefficient (Wildman–Crippen LogP) is 2.62. The first-order chi connectivity index (χ1) is 8.10. The summed E-state index contributed by atoms with van der Waals surface area (Å²) in [7, 11) is 0. The zero-order valence-corrected chi connectivity index (χ0v) is 8.08. The van der Waals surface area contributed by atoms with Crippen LogP contribution in [0.2, 0.25) is 0 Å². The standard InChI is InChI=1S/C6F10N2O/c7-3(8,5(12,13)6(14,15)16)2(19)1(18-17)4(9,10)11. The number of carbonyl (C=O) groups excluding carboxylic acids is 1. The SMILES string of the molecule is [N-]=[N+]=C(C(=O)C(F)(F)C(F)(F)C(F)(F)F)C(F)(F)F. The molecule has 0 aromatic heterocycles. The topological polar surface area (TPSA) is 53.5 Å². The van der Waals surface area contributed by atoms with Gasteiger partial charge in [-0.3, -0.25) is 4.79 Å². The van der Waals surface area contributed by atoms with Gasteiger partial charge in [-0.05, 0) is 0 Å². The summed E-state index contributed by atoms with van der Waals surface area (Å²) in [5.74, 6) is -17.9. The number of hydrogen-bond donors (Lipinski definition) is 0. The van der Waals surface area contributed by atoms with E-state index in [1.807, 2.05) is 0 Å². The molecule has 0 aliphatic carbocycles. The Bertz CT molecular complexity index is 426. The molecule has 0 amide bonds. The molecule has 0 N–H and O–H groups in total. The molecule has 19 heavy (non-hydrogen) atoms. The third-order valence-electron chi connectivity index (χ3n) is 1.62. The largest absolute Gasteiger partial charge is 0.499 e. The molecule has 0 fully saturated rings. The van der Waals surface area contributed by atoms with Crippen LogP contribution in [0.25, 0.3) is 5.53 Å². The van der Waals surface area contributed by atoms with Gasteiger partial charge in [0.05, 0.1) is 0 Å². The van der Waals surface area contributed by atoms with Gasteiger partial charge in [0.2, 0.25) is 0 Å². The molecule has 0 saturated carbocycles. The molecule has 0 spiro atoms. The Balaban J connectivity index is 5.84. The average Bonchev–Trinajstić information content (AvgIpc) is 2.13. The van der Waals surface area contributed by atoms with Crippen LogP contribution in [0, 0.1) is 0 Å². The Kier molecular flexibility index (Phi) is 4.08. The highest BCUT2D eigenvalue weighted by Crippen LogP contribution is 2.47. The molecule has 13 heteroatoms. The van der Waals surface area contributed by atoms with Crippen molar-refractivity contribution >= 4 is 11.5 Å². The van der Waals surface area contributed by atoms with Crippen molar-refractivity contribution < 1.29 is 53.5 Å². The van der Waals surface area contributed by atoms with Crippen molar-refractivity contribution in [1.82, 2.24) is 0 Å². The van der Waals surface area contributed by atoms with Gasteiger partial charge in [0.25, 0.3) is 0 Å². The molecule has 0 aromatic carbocycles. The van der Waals surface area contributed by atoms with Gasteiger partial charge in [-0.1, -0.05) is 0 Å². The van der Waals surface area contributed by atoms with E-state index in [2.05, 4.69) is 0 Å². The summed E-state index contributed by atoms with van der Waals surface area (Å²) in [6.45, 7) is 0. The molecule has 0 aliphatic heterocycles. The fourth-order valence-corrected chi connectivity index (χ4v) is 0.700. The highest BCUT2D eigenvalue weighted by molar-refractivity contribution is 6.42. The molecule has 0 aliphatic rings. The first-order valence-corrected chi connectivity index (χ1v) is 3.77.